The van der Waals surface area contributed by atoms with E-state index in [2.05, 4.69) is 24.4 Å². The topological polar surface area (TPSA) is 32.3 Å². The fourth-order valence-corrected chi connectivity index (χ4v) is 2.93. The average molecular weight is 247 g/mol. The van der Waals surface area contributed by atoms with Crippen LogP contribution in [0.5, 0.6) is 0 Å². The minimum Gasteiger partial charge on any atom is -0.388 e. The summed E-state index contributed by atoms with van der Waals surface area (Å²) in [6.07, 6.45) is 6.41. The van der Waals surface area contributed by atoms with Crippen LogP contribution in [0.15, 0.2) is 30.3 Å². The molecule has 2 atom stereocenters. The molecule has 0 spiro atoms. The zero-order valence-electron chi connectivity index (χ0n) is 11.4. The molecule has 0 radical (unpaired) electrons. The number of hydrogen-bond donors (Lipinski definition) is 2. The van der Waals surface area contributed by atoms with Gasteiger partial charge in [-0.25, -0.2) is 0 Å². The molecule has 0 aliphatic carbocycles. The van der Waals surface area contributed by atoms with Gasteiger partial charge >= 0.3 is 0 Å². The van der Waals surface area contributed by atoms with Crippen molar-refractivity contribution < 1.29 is 5.11 Å². The minimum absolute atomic E-state index is 0.241. The van der Waals surface area contributed by atoms with E-state index < -0.39 is 5.60 Å². The average Bonchev–Trinajstić information content (AvgIpc) is 2.69. The Labute approximate surface area is 110 Å². The van der Waals surface area contributed by atoms with Crippen LogP contribution in [-0.2, 0) is 6.42 Å². The van der Waals surface area contributed by atoms with Crippen molar-refractivity contribution >= 4 is 0 Å². The van der Waals surface area contributed by atoms with Crippen LogP contribution in [0.1, 0.15) is 44.6 Å². The maximum Gasteiger partial charge on any atom is 0.0837 e. The summed E-state index contributed by atoms with van der Waals surface area (Å²) in [5.41, 5.74) is 0.624. The van der Waals surface area contributed by atoms with Crippen molar-refractivity contribution in [1.29, 1.82) is 0 Å². The van der Waals surface area contributed by atoms with E-state index in [1.165, 1.54) is 24.8 Å². The van der Waals surface area contributed by atoms with Crippen LogP contribution in [-0.4, -0.2) is 23.3 Å². The molecule has 1 aromatic rings. The molecule has 2 heteroatoms. The van der Waals surface area contributed by atoms with Crippen molar-refractivity contribution in [2.24, 2.45) is 0 Å². The van der Waals surface area contributed by atoms with Crippen LogP contribution in [0.4, 0.5) is 0 Å². The number of hydrogen-bond acceptors (Lipinski definition) is 2. The Morgan fingerprint density at radius 2 is 2.00 bits per heavy atom. The second kappa shape index (κ2) is 6.35. The predicted octanol–water partition coefficient (Wildman–Crippen LogP) is 2.90. The molecule has 2 N–H and O–H groups in total. The molecule has 0 saturated carbocycles. The minimum atomic E-state index is -0.605. The van der Waals surface area contributed by atoms with Crippen LogP contribution in [0.25, 0.3) is 0 Å². The van der Waals surface area contributed by atoms with Crippen molar-refractivity contribution in [1.82, 2.24) is 5.32 Å². The van der Waals surface area contributed by atoms with Crippen molar-refractivity contribution in [3.05, 3.63) is 35.9 Å². The molecule has 1 aliphatic rings. The monoisotopic (exact) mass is 247 g/mol. The molecule has 18 heavy (non-hydrogen) atoms. The summed E-state index contributed by atoms with van der Waals surface area (Å²) in [7, 11) is 0. The van der Waals surface area contributed by atoms with E-state index in [4.69, 9.17) is 0 Å². The van der Waals surface area contributed by atoms with E-state index >= 15 is 0 Å². The zero-order chi connectivity index (χ0) is 12.8. The van der Waals surface area contributed by atoms with E-state index in [-0.39, 0.29) is 6.04 Å². The third-order valence-electron chi connectivity index (χ3n) is 4.17. The molecule has 1 heterocycles. The molecule has 1 fully saturated rings. The highest BCUT2D eigenvalue weighted by Crippen LogP contribution is 2.26. The molecule has 2 rings (SSSR count). The van der Waals surface area contributed by atoms with Gasteiger partial charge in [-0.05, 0) is 31.4 Å². The maximum absolute atomic E-state index is 11.0. The van der Waals surface area contributed by atoms with E-state index in [1.807, 2.05) is 18.2 Å². The SMILES string of the molecule is CCC(O)(Cc1ccccc1)C1CCCCCN1. The van der Waals surface area contributed by atoms with Crippen LogP contribution in [0.3, 0.4) is 0 Å². The molecule has 0 bridgehead atoms. The largest absolute Gasteiger partial charge is 0.388 e. The molecule has 1 saturated heterocycles. The second-order valence-corrected chi connectivity index (χ2v) is 5.48. The normalized spacial score (nSPS) is 24.2. The predicted molar refractivity (Wildman–Crippen MR) is 75.6 cm³/mol. The van der Waals surface area contributed by atoms with Gasteiger partial charge < -0.3 is 10.4 Å². The molecule has 100 valence electrons. The molecule has 1 aliphatic heterocycles. The van der Waals surface area contributed by atoms with E-state index in [0.717, 1.165) is 25.8 Å². The van der Waals surface area contributed by atoms with Gasteiger partial charge in [0.15, 0.2) is 0 Å². The van der Waals surface area contributed by atoms with Gasteiger partial charge in [-0.2, -0.15) is 0 Å². The lowest BCUT2D eigenvalue weighted by Crippen LogP contribution is -2.51. The van der Waals surface area contributed by atoms with Gasteiger partial charge in [0.1, 0.15) is 0 Å². The molecular formula is C16H25NO. The van der Waals surface area contributed by atoms with E-state index in [1.54, 1.807) is 0 Å². The lowest BCUT2D eigenvalue weighted by atomic mass is 9.83. The van der Waals surface area contributed by atoms with Crippen molar-refractivity contribution in [2.75, 3.05) is 6.54 Å². The molecular weight excluding hydrogens is 222 g/mol. The summed E-state index contributed by atoms with van der Waals surface area (Å²) in [4.78, 5) is 0. The van der Waals surface area contributed by atoms with Crippen LogP contribution < -0.4 is 5.32 Å². The first-order chi connectivity index (χ1) is 8.74. The van der Waals surface area contributed by atoms with E-state index in [0.29, 0.717) is 0 Å². The Morgan fingerprint density at radius 1 is 1.22 bits per heavy atom. The first kappa shape index (κ1) is 13.6. The quantitative estimate of drug-likeness (QED) is 0.857. The molecule has 0 aromatic heterocycles. The summed E-state index contributed by atoms with van der Waals surface area (Å²) in [5.74, 6) is 0. The molecule has 2 unspecified atom stereocenters. The lowest BCUT2D eigenvalue weighted by molar-refractivity contribution is -0.00343. The van der Waals surface area contributed by atoms with E-state index in [9.17, 15) is 5.11 Å². The Balaban J connectivity index is 2.08. The highest BCUT2D eigenvalue weighted by molar-refractivity contribution is 5.18. The Hall–Kier alpha value is -0.860. The van der Waals surface area contributed by atoms with Crippen LogP contribution >= 0.6 is 0 Å². The first-order valence-electron chi connectivity index (χ1n) is 7.24. The van der Waals surface area contributed by atoms with Gasteiger partial charge in [0.25, 0.3) is 0 Å². The molecule has 0 amide bonds. The number of benzene rings is 1. The number of rotatable bonds is 4. The highest BCUT2D eigenvalue weighted by Gasteiger charge is 2.35. The van der Waals surface area contributed by atoms with Gasteiger partial charge in [0.05, 0.1) is 5.60 Å². The van der Waals surface area contributed by atoms with Gasteiger partial charge in [-0.3, -0.25) is 0 Å². The maximum atomic E-state index is 11.0. The summed E-state index contributed by atoms with van der Waals surface area (Å²) in [5, 5.41) is 14.5. The Bertz CT molecular complexity index is 343. The number of nitrogens with one attached hydrogen (secondary N) is 1. The fourth-order valence-electron chi connectivity index (χ4n) is 2.93. The van der Waals surface area contributed by atoms with Gasteiger partial charge in [0, 0.05) is 12.5 Å². The highest BCUT2D eigenvalue weighted by atomic mass is 16.3. The third-order valence-corrected chi connectivity index (χ3v) is 4.17. The van der Waals surface area contributed by atoms with Gasteiger partial charge in [0.2, 0.25) is 0 Å². The number of aliphatic hydroxyl groups is 1. The third kappa shape index (κ3) is 3.33. The summed E-state index contributed by atoms with van der Waals surface area (Å²) in [6.45, 7) is 3.14. The summed E-state index contributed by atoms with van der Waals surface area (Å²) in [6, 6.07) is 10.6. The Morgan fingerprint density at radius 3 is 2.72 bits per heavy atom. The molecule has 1 aromatic carbocycles. The first-order valence-corrected chi connectivity index (χ1v) is 7.24. The molecule has 2 nitrogen and oxygen atoms in total. The standard InChI is InChI=1S/C16H25NO/c1-2-16(18,13-14-9-5-3-6-10-14)15-11-7-4-8-12-17-15/h3,5-6,9-10,15,17-18H,2,4,7-8,11-13H2,1H3. The van der Waals surface area contributed by atoms with Crippen molar-refractivity contribution in [2.45, 2.75) is 57.1 Å². The van der Waals surface area contributed by atoms with Gasteiger partial charge in [-0.1, -0.05) is 50.1 Å². The van der Waals surface area contributed by atoms with Crippen molar-refractivity contribution in [3.8, 4) is 0 Å². The second-order valence-electron chi connectivity index (χ2n) is 5.48. The summed E-state index contributed by atoms with van der Waals surface area (Å²) < 4.78 is 0. The lowest BCUT2D eigenvalue weighted by Gasteiger charge is -2.36. The van der Waals surface area contributed by atoms with Crippen molar-refractivity contribution in [3.63, 3.8) is 0 Å². The van der Waals surface area contributed by atoms with Gasteiger partial charge in [-0.15, -0.1) is 0 Å². The van der Waals surface area contributed by atoms with Crippen LogP contribution in [0, 0.1) is 0 Å². The fraction of sp³-hybridized carbons (Fsp3) is 0.625. The van der Waals surface area contributed by atoms with Crippen LogP contribution in [0.2, 0.25) is 0 Å². The zero-order valence-corrected chi connectivity index (χ0v) is 11.4. The Kier molecular flexibility index (Phi) is 4.79. The summed E-state index contributed by atoms with van der Waals surface area (Å²) >= 11 is 0. The smallest absolute Gasteiger partial charge is 0.0837 e.